The smallest absolute Gasteiger partial charge is 0.294 e. The number of aryl methyl sites for hydroxylation is 1. The summed E-state index contributed by atoms with van der Waals surface area (Å²) in [6.45, 7) is 2.99. The number of Topliss-reactive ketones (excluding diaryl/α,β-unsaturated/α-hetero) is 1. The lowest BCUT2D eigenvalue weighted by atomic mass is 10.0. The van der Waals surface area contributed by atoms with Gasteiger partial charge < -0.3 is 0 Å². The molecule has 1 aromatic carbocycles. The van der Waals surface area contributed by atoms with Crippen molar-refractivity contribution in [1.82, 2.24) is 4.98 Å². The van der Waals surface area contributed by atoms with Gasteiger partial charge in [0.05, 0.1) is 21.1 Å². The lowest BCUT2D eigenvalue weighted by Crippen LogP contribution is -2.08. The molecule has 6 heteroatoms. The molecule has 2 nitrogen and oxygen atoms in total. The van der Waals surface area contributed by atoms with E-state index in [-0.39, 0.29) is 21.9 Å². The SMILES string of the molecule is CC(=O)c1sc(C)nc1-c1ccccc1C(F)(F)F. The van der Waals surface area contributed by atoms with E-state index >= 15 is 0 Å². The number of carbonyl (C=O) groups is 1. The first-order chi connectivity index (χ1) is 8.80. The molecule has 1 heterocycles. The van der Waals surface area contributed by atoms with Crippen molar-refractivity contribution in [3.8, 4) is 11.3 Å². The predicted octanol–water partition coefficient (Wildman–Crippen LogP) is 4.34. The zero-order valence-electron chi connectivity index (χ0n) is 10.2. The van der Waals surface area contributed by atoms with Gasteiger partial charge in [-0.1, -0.05) is 18.2 Å². The molecule has 2 rings (SSSR count). The lowest BCUT2D eigenvalue weighted by molar-refractivity contribution is -0.137. The fraction of sp³-hybridized carbons (Fsp3) is 0.231. The molecule has 100 valence electrons. The Labute approximate surface area is 111 Å². The Morgan fingerprint density at radius 3 is 2.47 bits per heavy atom. The normalized spacial score (nSPS) is 11.6. The van der Waals surface area contributed by atoms with Crippen LogP contribution in [0.3, 0.4) is 0 Å². The van der Waals surface area contributed by atoms with E-state index in [1.165, 1.54) is 25.1 Å². The second kappa shape index (κ2) is 4.77. The van der Waals surface area contributed by atoms with Crippen LogP contribution in [0.1, 0.15) is 27.2 Å². The van der Waals surface area contributed by atoms with Crippen LogP contribution in [-0.2, 0) is 6.18 Å². The predicted molar refractivity (Wildman–Crippen MR) is 67.3 cm³/mol. The topological polar surface area (TPSA) is 30.0 Å². The molecule has 0 radical (unpaired) electrons. The third-order valence-electron chi connectivity index (χ3n) is 2.54. The highest BCUT2D eigenvalue weighted by Crippen LogP contribution is 2.38. The minimum absolute atomic E-state index is 0.0513. The zero-order valence-corrected chi connectivity index (χ0v) is 11.0. The molecule has 0 fully saturated rings. The van der Waals surface area contributed by atoms with Crippen molar-refractivity contribution in [3.05, 3.63) is 39.7 Å². The minimum atomic E-state index is -4.47. The number of alkyl halides is 3. The van der Waals surface area contributed by atoms with Gasteiger partial charge in [-0.2, -0.15) is 13.2 Å². The van der Waals surface area contributed by atoms with Crippen molar-refractivity contribution < 1.29 is 18.0 Å². The van der Waals surface area contributed by atoms with Gasteiger partial charge in [0, 0.05) is 12.5 Å². The summed E-state index contributed by atoms with van der Waals surface area (Å²) in [4.78, 5) is 15.8. The van der Waals surface area contributed by atoms with E-state index in [1.807, 2.05) is 0 Å². The number of nitrogens with zero attached hydrogens (tertiary/aromatic N) is 1. The van der Waals surface area contributed by atoms with E-state index in [2.05, 4.69) is 4.98 Å². The molecule has 0 aliphatic heterocycles. The van der Waals surface area contributed by atoms with Gasteiger partial charge in [-0.25, -0.2) is 4.98 Å². The fourth-order valence-electron chi connectivity index (χ4n) is 1.79. The highest BCUT2D eigenvalue weighted by Gasteiger charge is 2.34. The molecular weight excluding hydrogens is 275 g/mol. The number of hydrogen-bond donors (Lipinski definition) is 0. The van der Waals surface area contributed by atoms with Crippen LogP contribution in [0.5, 0.6) is 0 Å². The summed E-state index contributed by atoms with van der Waals surface area (Å²) in [5.74, 6) is -0.280. The highest BCUT2D eigenvalue weighted by atomic mass is 32.1. The molecule has 0 saturated heterocycles. The van der Waals surface area contributed by atoms with Gasteiger partial charge in [-0.15, -0.1) is 11.3 Å². The highest BCUT2D eigenvalue weighted by molar-refractivity contribution is 7.14. The Balaban J connectivity index is 2.70. The number of halogens is 3. The quantitative estimate of drug-likeness (QED) is 0.768. The molecule has 0 amide bonds. The Hall–Kier alpha value is -1.69. The summed E-state index contributed by atoms with van der Waals surface area (Å²) in [6, 6.07) is 5.15. The van der Waals surface area contributed by atoms with Gasteiger partial charge in [-0.3, -0.25) is 4.79 Å². The number of ketones is 1. The largest absolute Gasteiger partial charge is 0.417 e. The number of hydrogen-bond acceptors (Lipinski definition) is 3. The fourth-order valence-corrected chi connectivity index (χ4v) is 2.61. The van der Waals surface area contributed by atoms with Crippen LogP contribution in [0.15, 0.2) is 24.3 Å². The Kier molecular flexibility index (Phi) is 3.45. The van der Waals surface area contributed by atoms with Crippen LogP contribution >= 0.6 is 11.3 Å². The number of benzene rings is 1. The summed E-state index contributed by atoms with van der Waals surface area (Å²) in [6.07, 6.45) is -4.47. The first kappa shape index (κ1) is 13.7. The van der Waals surface area contributed by atoms with Crippen molar-refractivity contribution >= 4 is 17.1 Å². The van der Waals surface area contributed by atoms with Gasteiger partial charge in [0.15, 0.2) is 5.78 Å². The van der Waals surface area contributed by atoms with Crippen LogP contribution in [0.4, 0.5) is 13.2 Å². The van der Waals surface area contributed by atoms with Crippen molar-refractivity contribution in [1.29, 1.82) is 0 Å². The number of aromatic nitrogens is 1. The number of rotatable bonds is 2. The van der Waals surface area contributed by atoms with E-state index < -0.39 is 11.7 Å². The molecule has 0 spiro atoms. The van der Waals surface area contributed by atoms with E-state index in [0.717, 1.165) is 17.4 Å². The Bertz CT molecular complexity index is 631. The average Bonchev–Trinajstić information content (AvgIpc) is 2.70. The van der Waals surface area contributed by atoms with Crippen LogP contribution in [-0.4, -0.2) is 10.8 Å². The van der Waals surface area contributed by atoms with Crippen LogP contribution in [0.25, 0.3) is 11.3 Å². The summed E-state index contributed by atoms with van der Waals surface area (Å²) in [5.41, 5.74) is -0.713. The Morgan fingerprint density at radius 1 is 1.26 bits per heavy atom. The summed E-state index contributed by atoms with van der Waals surface area (Å²) < 4.78 is 38.9. The van der Waals surface area contributed by atoms with Gasteiger partial charge in [-0.05, 0) is 13.0 Å². The van der Waals surface area contributed by atoms with Gasteiger partial charge >= 0.3 is 6.18 Å². The second-order valence-corrected chi connectivity index (χ2v) is 5.21. The Morgan fingerprint density at radius 2 is 1.89 bits per heavy atom. The molecule has 0 atom stereocenters. The molecule has 0 aliphatic rings. The van der Waals surface area contributed by atoms with Crippen LogP contribution in [0.2, 0.25) is 0 Å². The molecule has 0 N–H and O–H groups in total. The maximum absolute atomic E-state index is 13.0. The van der Waals surface area contributed by atoms with Crippen molar-refractivity contribution in [2.75, 3.05) is 0 Å². The monoisotopic (exact) mass is 285 g/mol. The van der Waals surface area contributed by atoms with E-state index in [1.54, 1.807) is 6.92 Å². The molecule has 1 aromatic heterocycles. The van der Waals surface area contributed by atoms with Crippen LogP contribution in [0, 0.1) is 6.92 Å². The maximum Gasteiger partial charge on any atom is 0.417 e. The summed E-state index contributed by atoms with van der Waals surface area (Å²) >= 11 is 1.11. The number of thiazole rings is 1. The van der Waals surface area contributed by atoms with E-state index in [9.17, 15) is 18.0 Å². The molecule has 0 saturated carbocycles. The molecule has 0 aliphatic carbocycles. The average molecular weight is 285 g/mol. The van der Waals surface area contributed by atoms with Gasteiger partial charge in [0.25, 0.3) is 0 Å². The molecule has 0 bridgehead atoms. The van der Waals surface area contributed by atoms with Crippen molar-refractivity contribution in [2.24, 2.45) is 0 Å². The summed E-state index contributed by atoms with van der Waals surface area (Å²) in [7, 11) is 0. The second-order valence-electron chi connectivity index (χ2n) is 4.01. The zero-order chi connectivity index (χ0) is 14.2. The van der Waals surface area contributed by atoms with Gasteiger partial charge in [0.1, 0.15) is 0 Å². The first-order valence-electron chi connectivity index (χ1n) is 5.45. The van der Waals surface area contributed by atoms with Crippen molar-refractivity contribution in [3.63, 3.8) is 0 Å². The third-order valence-corrected chi connectivity index (χ3v) is 3.61. The maximum atomic E-state index is 13.0. The lowest BCUT2D eigenvalue weighted by Gasteiger charge is -2.11. The molecule has 19 heavy (non-hydrogen) atoms. The molecular formula is C13H10F3NOS. The minimum Gasteiger partial charge on any atom is -0.294 e. The third kappa shape index (κ3) is 2.68. The van der Waals surface area contributed by atoms with Crippen molar-refractivity contribution in [2.45, 2.75) is 20.0 Å². The summed E-state index contributed by atoms with van der Waals surface area (Å²) in [5, 5.41) is 0.567. The number of carbonyl (C=O) groups excluding carboxylic acids is 1. The van der Waals surface area contributed by atoms with Crippen LogP contribution < -0.4 is 0 Å². The first-order valence-corrected chi connectivity index (χ1v) is 6.27. The standard InChI is InChI=1S/C13H10F3NOS/c1-7(18)12-11(17-8(2)19-12)9-5-3-4-6-10(9)13(14,15)16/h3-6H,1-2H3. The molecule has 2 aromatic rings. The molecule has 0 unspecified atom stereocenters. The van der Waals surface area contributed by atoms with Gasteiger partial charge in [0.2, 0.25) is 0 Å². The van der Waals surface area contributed by atoms with E-state index in [4.69, 9.17) is 0 Å². The van der Waals surface area contributed by atoms with E-state index in [0.29, 0.717) is 5.01 Å².